The Morgan fingerprint density at radius 3 is 1.12 bits per heavy atom. The fraction of sp³-hybridized carbons (Fsp3) is 0.656. The quantitative estimate of drug-likeness (QED) is 0.183. The highest BCUT2D eigenvalue weighted by atomic mass is 19.3. The van der Waals surface area contributed by atoms with Crippen molar-refractivity contribution in [2.75, 3.05) is 118 Å². The third-order valence-corrected chi connectivity index (χ3v) is 24.8. The second-order valence-corrected chi connectivity index (χ2v) is 35.5. The molecule has 10 aliphatic rings. The predicted octanol–water partition coefficient (Wildman–Crippen LogP) is 12.2. The van der Waals surface area contributed by atoms with Crippen molar-refractivity contribution in [1.82, 2.24) is 49.4 Å². The van der Waals surface area contributed by atoms with Crippen LogP contribution in [0.2, 0.25) is 0 Å². The summed E-state index contributed by atoms with van der Waals surface area (Å²) in [6.07, 6.45) is 24.2. The molecule has 2 atom stereocenters. The van der Waals surface area contributed by atoms with Crippen LogP contribution in [-0.2, 0) is 52.7 Å². The van der Waals surface area contributed by atoms with Gasteiger partial charge >= 0.3 is 0 Å². The van der Waals surface area contributed by atoms with Crippen molar-refractivity contribution >= 4 is 64.9 Å². The minimum atomic E-state index is -2.80. The topological polar surface area (TPSA) is 249 Å². The average Bonchev–Trinajstić information content (AvgIpc) is 0.789. The minimum Gasteiger partial charge on any atom is -0.389 e. The molecule has 5 aliphatic heterocycles. The van der Waals surface area contributed by atoms with Gasteiger partial charge in [0.05, 0.1) is 6.10 Å². The van der Waals surface area contributed by atoms with E-state index < -0.39 is 18.4 Å². The van der Waals surface area contributed by atoms with Crippen LogP contribution in [-0.4, -0.2) is 250 Å². The van der Waals surface area contributed by atoms with E-state index in [0.29, 0.717) is 136 Å². The van der Waals surface area contributed by atoms with E-state index in [4.69, 9.17) is 2.74 Å². The Hall–Kier alpha value is -8.41. The number of halogens is 2. The van der Waals surface area contributed by atoms with Gasteiger partial charge in [0.25, 0.3) is 5.92 Å². The SMILES string of the molecule is CC(=O)N1CCN(C(=O)/C=C/C2=C(C)C(=O)CCC2(C)C)CC1.CC(=O)N1CCN(C(=O)/C=C/C2=C(C)C(F)(F)CCC2(C)C)CC1.CC(=O)N1CCN(C(=O)/C=C/C2=C(C)C(O)CCC2(C)C)CC1.CC(=O)N[C@@H]1CCN(C(=O)/C=C/C2=C(C)CCCC2(C)C)C1.[2H]C1([2H])CCC(C)(C)C(/C=C/C(=O)N2CCN(C(C)=O)CC2)=C1C. The Bertz CT molecular complexity index is 3880. The Balaban J connectivity index is 0.000000225. The summed E-state index contributed by atoms with van der Waals surface area (Å²) >= 11 is 0. The lowest BCUT2D eigenvalue weighted by Crippen LogP contribution is -2.49. The van der Waals surface area contributed by atoms with Crippen molar-refractivity contribution < 1.29 is 69.4 Å². The maximum Gasteiger partial charge on any atom is 0.269 e. The first-order valence-electron chi connectivity index (χ1n) is 42.1. The summed E-state index contributed by atoms with van der Waals surface area (Å²) in [6, 6.07) is 0.0990. The molecule has 2 N–H and O–H groups in total. The van der Waals surface area contributed by atoms with Gasteiger partial charge in [-0.05, 0) is 177 Å². The number of aliphatic hydroxyl groups excluding tert-OH is 1. The first-order valence-corrected chi connectivity index (χ1v) is 41.1. The Morgan fingerprint density at radius 2 is 0.728 bits per heavy atom. The highest BCUT2D eigenvalue weighted by molar-refractivity contribution is 5.98. The van der Waals surface area contributed by atoms with Gasteiger partial charge in [-0.15, -0.1) is 0 Å². The summed E-state index contributed by atoms with van der Waals surface area (Å²) in [7, 11) is 0. The van der Waals surface area contributed by atoms with Crippen molar-refractivity contribution in [3.63, 3.8) is 0 Å². The molecule has 1 unspecified atom stereocenters. The zero-order valence-electron chi connectivity index (χ0n) is 74.4. The largest absolute Gasteiger partial charge is 0.389 e. The van der Waals surface area contributed by atoms with E-state index in [2.05, 4.69) is 67.6 Å². The van der Waals surface area contributed by atoms with Crippen molar-refractivity contribution in [3.05, 3.63) is 116 Å². The van der Waals surface area contributed by atoms with Crippen molar-refractivity contribution in [2.24, 2.45) is 27.1 Å². The summed E-state index contributed by atoms with van der Waals surface area (Å²) < 4.78 is 44.2. The zero-order chi connectivity index (χ0) is 87.0. The summed E-state index contributed by atoms with van der Waals surface area (Å²) in [5.41, 5.74) is 8.29. The Labute approximate surface area is 681 Å². The Kier molecular flexibility index (Phi) is 32.7. The number of amides is 10. The molecule has 5 fully saturated rings. The predicted molar refractivity (Wildman–Crippen MR) is 444 cm³/mol. The van der Waals surface area contributed by atoms with E-state index in [-0.39, 0.29) is 110 Å². The van der Waals surface area contributed by atoms with E-state index in [1.54, 1.807) is 96.4 Å². The maximum atomic E-state index is 14.0. The number of rotatable bonds is 11. The molecule has 0 saturated carbocycles. The molecule has 0 radical (unpaired) electrons. The van der Waals surface area contributed by atoms with Gasteiger partial charge in [-0.3, -0.25) is 52.7 Å². The standard InChI is InChI=1S/C18H26F2N2O2.C18H28N2O3.C18H26N2O3.2C18H28N2O2/c1-13-15(17(3,4)7-8-18(13,19)20)5-6-16(24)22-11-9-21(10-12-22)14(2)23;2*1-13-15(18(3,4)8-7-16(13)22)5-6-17(23)20-11-9-19(10-12-20)14(2)21;1-13-6-5-10-18(3,4)16(13)7-8-17(22)20-11-9-15(12-20)19-14(2)21;1-14-6-5-9-18(3,4)16(14)7-8-17(22)20-12-10-19(11-13-20)15(2)21/h5-6H,7-12H2,1-4H3;5-6,16,22H,7-12H2,1-4H3;5-6H,7-12H2,1-4H3;7-8,15H,5-6,9-12H2,1-4H3,(H,19,21);7-8H,5-6,9-13H2,1-4H3/b3*6-5+;2*8-7+/t;;;15-;/m...1./s1/i;;;;6D2. The monoisotopic (exact) mass is 1590 g/mol. The van der Waals surface area contributed by atoms with Crippen molar-refractivity contribution in [3.8, 4) is 0 Å². The van der Waals surface area contributed by atoms with Crippen molar-refractivity contribution in [2.45, 2.75) is 240 Å². The summed E-state index contributed by atoms with van der Waals surface area (Å²) in [4.78, 5) is 146. The highest BCUT2D eigenvalue weighted by Crippen LogP contribution is 2.48. The summed E-state index contributed by atoms with van der Waals surface area (Å²) in [6.45, 7) is 48.2. The van der Waals surface area contributed by atoms with Gasteiger partial charge < -0.3 is 54.5 Å². The number of nitrogens with one attached hydrogen (secondary N) is 1. The van der Waals surface area contributed by atoms with E-state index >= 15 is 0 Å². The fourth-order valence-electron chi connectivity index (χ4n) is 16.8. The lowest BCUT2D eigenvalue weighted by atomic mass is 9.71. The number of carbonyl (C=O) groups excluding carboxylic acids is 11. The van der Waals surface area contributed by atoms with E-state index in [1.807, 2.05) is 57.7 Å². The molecule has 0 aromatic carbocycles. The first-order chi connectivity index (χ1) is 53.8. The van der Waals surface area contributed by atoms with Crippen LogP contribution in [0.25, 0.3) is 0 Å². The molecule has 0 spiro atoms. The van der Waals surface area contributed by atoms with Crippen LogP contribution in [0.5, 0.6) is 0 Å². The highest BCUT2D eigenvalue weighted by Gasteiger charge is 2.43. The van der Waals surface area contributed by atoms with Crippen LogP contribution >= 0.6 is 0 Å². The van der Waals surface area contributed by atoms with E-state index in [0.717, 1.165) is 78.5 Å². The van der Waals surface area contributed by atoms with Gasteiger partial charge in [0.1, 0.15) is 0 Å². The molecule has 632 valence electrons. The van der Waals surface area contributed by atoms with Crippen LogP contribution in [0.15, 0.2) is 116 Å². The molecule has 114 heavy (non-hydrogen) atoms. The lowest BCUT2D eigenvalue weighted by Gasteiger charge is -2.37. The first kappa shape index (κ1) is 91.1. The number of allylic oxidation sites excluding steroid dienone is 14. The van der Waals surface area contributed by atoms with Crippen LogP contribution in [0.4, 0.5) is 8.78 Å². The molecule has 10 rings (SSSR count). The number of hydrogen-bond acceptors (Lipinski definition) is 12. The van der Waals surface area contributed by atoms with Crippen LogP contribution < -0.4 is 5.32 Å². The van der Waals surface area contributed by atoms with Crippen LogP contribution in [0.1, 0.15) is 225 Å². The fourth-order valence-corrected chi connectivity index (χ4v) is 16.8. The Morgan fingerprint density at radius 1 is 0.395 bits per heavy atom. The molecular weight excluding hydrogens is 1450 g/mol. The molecule has 0 aromatic heterocycles. The molecule has 0 bridgehead atoms. The summed E-state index contributed by atoms with van der Waals surface area (Å²) in [5, 5.41) is 12.9. The van der Waals surface area contributed by atoms with E-state index in [9.17, 15) is 66.6 Å². The number of alkyl halides is 2. The maximum absolute atomic E-state index is 14.0. The molecular formula is C90H136F2N10O12. The number of piperazine rings is 4. The molecule has 5 saturated heterocycles. The average molecular weight is 1590 g/mol. The van der Waals surface area contributed by atoms with E-state index in [1.165, 1.54) is 50.8 Å². The van der Waals surface area contributed by atoms with Gasteiger partial charge in [-0.2, -0.15) is 0 Å². The van der Waals surface area contributed by atoms with Crippen LogP contribution in [0.3, 0.4) is 0 Å². The lowest BCUT2D eigenvalue weighted by molar-refractivity contribution is -0.135. The third-order valence-electron chi connectivity index (χ3n) is 24.8. The van der Waals surface area contributed by atoms with Crippen LogP contribution in [0, 0.1) is 27.1 Å². The molecule has 24 heteroatoms. The number of carbonyl (C=O) groups is 11. The zero-order valence-corrected chi connectivity index (χ0v) is 72.4. The van der Waals surface area contributed by atoms with Crippen molar-refractivity contribution in [1.29, 1.82) is 0 Å². The summed E-state index contributed by atoms with van der Waals surface area (Å²) in [5.74, 6) is -2.78. The minimum absolute atomic E-state index is 0.00427. The molecule has 5 heterocycles. The number of nitrogens with zero attached hydrogens (tertiary/aromatic N) is 9. The number of hydrogen-bond donors (Lipinski definition) is 2. The molecule has 0 aromatic rings. The smallest absolute Gasteiger partial charge is 0.269 e. The number of likely N-dealkylation sites (tertiary alicyclic amines) is 1. The van der Waals surface area contributed by atoms with Gasteiger partial charge in [0.15, 0.2) is 5.78 Å². The second-order valence-electron chi connectivity index (χ2n) is 35.5. The van der Waals surface area contributed by atoms with Gasteiger partial charge in [-0.1, -0.05) is 111 Å². The number of Topliss-reactive ketones (excluding diaryl/α,β-unsaturated/α-hetero) is 1. The number of aliphatic hydroxyl groups is 1. The third kappa shape index (κ3) is 26.6. The number of ketones is 1. The molecule has 5 aliphatic carbocycles. The normalized spacial score (nSPS) is 24.3. The van der Waals surface area contributed by atoms with Gasteiger partial charge in [0, 0.05) is 204 Å². The van der Waals surface area contributed by atoms with Gasteiger partial charge in [-0.25, -0.2) is 8.78 Å². The molecule has 22 nitrogen and oxygen atoms in total. The second kappa shape index (κ2) is 40.9. The van der Waals surface area contributed by atoms with Gasteiger partial charge in [0.2, 0.25) is 59.1 Å². The molecule has 10 amide bonds.